The summed E-state index contributed by atoms with van der Waals surface area (Å²) in [4.78, 5) is 13.5. The van der Waals surface area contributed by atoms with Gasteiger partial charge in [0.15, 0.2) is 0 Å². The molecular formula is C16H17Cl2NO2S. The van der Waals surface area contributed by atoms with Gasteiger partial charge in [-0.15, -0.1) is 12.4 Å². The van der Waals surface area contributed by atoms with Gasteiger partial charge in [0, 0.05) is 20.9 Å². The Morgan fingerprint density at radius 3 is 2.50 bits per heavy atom. The van der Waals surface area contributed by atoms with E-state index in [0.717, 1.165) is 15.4 Å². The lowest BCUT2D eigenvalue weighted by Gasteiger charge is -2.15. The molecule has 0 spiro atoms. The number of benzene rings is 2. The van der Waals surface area contributed by atoms with Crippen LogP contribution < -0.4 is 5.73 Å². The first-order chi connectivity index (χ1) is 10.1. The zero-order valence-corrected chi connectivity index (χ0v) is 14.4. The van der Waals surface area contributed by atoms with Crippen molar-refractivity contribution in [3.8, 4) is 0 Å². The van der Waals surface area contributed by atoms with Crippen molar-refractivity contribution >= 4 is 41.7 Å². The number of carbonyl (C=O) groups is 1. The fourth-order valence-electron chi connectivity index (χ4n) is 1.88. The molecule has 0 aromatic heterocycles. The van der Waals surface area contributed by atoms with Gasteiger partial charge in [-0.2, -0.15) is 0 Å². The van der Waals surface area contributed by atoms with E-state index in [9.17, 15) is 4.79 Å². The summed E-state index contributed by atoms with van der Waals surface area (Å²) in [6, 6.07) is 15.0. The molecule has 22 heavy (non-hydrogen) atoms. The summed E-state index contributed by atoms with van der Waals surface area (Å²) >= 11 is 7.48. The molecule has 0 heterocycles. The fourth-order valence-corrected chi connectivity index (χ4v) is 3.02. The third-order valence-corrected chi connectivity index (χ3v) is 4.33. The SMILES string of the molecule is COC(=O)C[C@H](N)c1ccccc1Sc1ccc(Cl)cc1.Cl. The van der Waals surface area contributed by atoms with Crippen molar-refractivity contribution in [1.82, 2.24) is 0 Å². The quantitative estimate of drug-likeness (QED) is 0.801. The number of carbonyl (C=O) groups excluding carboxylic acids is 1. The third-order valence-electron chi connectivity index (χ3n) is 2.97. The summed E-state index contributed by atoms with van der Waals surface area (Å²) in [6.45, 7) is 0. The second-order valence-corrected chi connectivity index (χ2v) is 6.03. The molecule has 0 radical (unpaired) electrons. The molecule has 0 aliphatic rings. The summed E-state index contributed by atoms with van der Waals surface area (Å²) in [6.07, 6.45) is 0.161. The van der Waals surface area contributed by atoms with Crippen LogP contribution >= 0.6 is 35.8 Å². The average molecular weight is 358 g/mol. The Hall–Kier alpha value is -1.20. The third kappa shape index (κ3) is 5.21. The molecule has 0 bridgehead atoms. The number of hydrogen-bond acceptors (Lipinski definition) is 4. The average Bonchev–Trinajstić information content (AvgIpc) is 2.50. The van der Waals surface area contributed by atoms with Gasteiger partial charge in [-0.25, -0.2) is 0 Å². The molecule has 2 aromatic rings. The van der Waals surface area contributed by atoms with Crippen LogP contribution in [0, 0.1) is 0 Å². The lowest BCUT2D eigenvalue weighted by molar-refractivity contribution is -0.141. The Bertz CT molecular complexity index is 620. The van der Waals surface area contributed by atoms with Crippen LogP contribution in [0.4, 0.5) is 0 Å². The summed E-state index contributed by atoms with van der Waals surface area (Å²) in [5.41, 5.74) is 7.05. The van der Waals surface area contributed by atoms with E-state index in [0.29, 0.717) is 5.02 Å². The number of esters is 1. The highest BCUT2D eigenvalue weighted by Gasteiger charge is 2.15. The van der Waals surface area contributed by atoms with Crippen molar-refractivity contribution in [2.75, 3.05) is 7.11 Å². The number of ether oxygens (including phenoxy) is 1. The van der Waals surface area contributed by atoms with Crippen LogP contribution in [0.5, 0.6) is 0 Å². The summed E-state index contributed by atoms with van der Waals surface area (Å²) < 4.78 is 4.67. The fraction of sp³-hybridized carbons (Fsp3) is 0.188. The van der Waals surface area contributed by atoms with Gasteiger partial charge >= 0.3 is 5.97 Å². The van der Waals surface area contributed by atoms with Gasteiger partial charge in [0.2, 0.25) is 0 Å². The molecule has 0 aliphatic heterocycles. The zero-order chi connectivity index (χ0) is 15.2. The Labute approximate surface area is 145 Å². The Kier molecular flexibility index (Phi) is 7.76. The lowest BCUT2D eigenvalue weighted by Crippen LogP contribution is -2.17. The molecular weight excluding hydrogens is 341 g/mol. The maximum absolute atomic E-state index is 11.4. The molecule has 0 saturated heterocycles. The maximum Gasteiger partial charge on any atom is 0.307 e. The maximum atomic E-state index is 11.4. The molecule has 0 fully saturated rings. The van der Waals surface area contributed by atoms with Crippen molar-refractivity contribution in [2.45, 2.75) is 22.3 Å². The highest BCUT2D eigenvalue weighted by Crippen LogP contribution is 2.34. The Balaban J connectivity index is 0.00000242. The van der Waals surface area contributed by atoms with Gasteiger partial charge in [0.1, 0.15) is 0 Å². The largest absolute Gasteiger partial charge is 0.469 e. The normalized spacial score (nSPS) is 11.4. The van der Waals surface area contributed by atoms with E-state index in [1.54, 1.807) is 11.8 Å². The van der Waals surface area contributed by atoms with Crippen molar-refractivity contribution < 1.29 is 9.53 Å². The van der Waals surface area contributed by atoms with E-state index in [4.69, 9.17) is 17.3 Å². The number of rotatable bonds is 5. The first kappa shape index (κ1) is 18.8. The van der Waals surface area contributed by atoms with E-state index in [1.807, 2.05) is 48.5 Å². The lowest BCUT2D eigenvalue weighted by atomic mass is 10.1. The summed E-state index contributed by atoms with van der Waals surface area (Å²) in [7, 11) is 1.36. The highest BCUT2D eigenvalue weighted by molar-refractivity contribution is 7.99. The highest BCUT2D eigenvalue weighted by atomic mass is 35.5. The standard InChI is InChI=1S/C16H16ClNO2S.ClH/c1-20-16(19)10-14(18)13-4-2-3-5-15(13)21-12-8-6-11(17)7-9-12;/h2-9,14H,10,18H2,1H3;1H/t14-;/m0./s1. The first-order valence-electron chi connectivity index (χ1n) is 6.45. The summed E-state index contributed by atoms with van der Waals surface area (Å²) in [5.74, 6) is -0.311. The second kappa shape index (κ2) is 9.06. The van der Waals surface area contributed by atoms with Gasteiger partial charge in [-0.1, -0.05) is 41.6 Å². The van der Waals surface area contributed by atoms with Crippen molar-refractivity contribution in [1.29, 1.82) is 0 Å². The smallest absolute Gasteiger partial charge is 0.307 e. The monoisotopic (exact) mass is 357 g/mol. The predicted molar refractivity (Wildman–Crippen MR) is 92.8 cm³/mol. The van der Waals surface area contributed by atoms with E-state index >= 15 is 0 Å². The van der Waals surface area contributed by atoms with E-state index in [-0.39, 0.29) is 30.8 Å². The minimum atomic E-state index is -0.381. The van der Waals surface area contributed by atoms with Crippen LogP contribution in [0.25, 0.3) is 0 Å². The first-order valence-corrected chi connectivity index (χ1v) is 7.64. The van der Waals surface area contributed by atoms with Gasteiger partial charge in [-0.05, 0) is 35.9 Å². The summed E-state index contributed by atoms with van der Waals surface area (Å²) in [5, 5.41) is 0.704. The number of hydrogen-bond donors (Lipinski definition) is 1. The van der Waals surface area contributed by atoms with Gasteiger partial charge in [0.05, 0.1) is 13.5 Å². The second-order valence-electron chi connectivity index (χ2n) is 4.48. The van der Waals surface area contributed by atoms with Gasteiger partial charge < -0.3 is 10.5 Å². The molecule has 6 heteroatoms. The molecule has 0 saturated carbocycles. The van der Waals surface area contributed by atoms with E-state index in [2.05, 4.69) is 4.74 Å². The van der Waals surface area contributed by atoms with Crippen LogP contribution in [0.2, 0.25) is 5.02 Å². The molecule has 0 aliphatic carbocycles. The predicted octanol–water partition coefficient (Wildman–Crippen LogP) is 4.48. The molecule has 0 amide bonds. The Morgan fingerprint density at radius 2 is 1.86 bits per heavy atom. The van der Waals surface area contributed by atoms with E-state index < -0.39 is 0 Å². The molecule has 2 rings (SSSR count). The minimum Gasteiger partial charge on any atom is -0.469 e. The Morgan fingerprint density at radius 1 is 1.23 bits per heavy atom. The van der Waals surface area contributed by atoms with Crippen molar-refractivity contribution in [2.24, 2.45) is 5.73 Å². The molecule has 3 nitrogen and oxygen atoms in total. The number of nitrogens with two attached hydrogens (primary N) is 1. The zero-order valence-electron chi connectivity index (χ0n) is 12.0. The molecule has 2 aromatic carbocycles. The number of halogens is 2. The van der Waals surface area contributed by atoms with Crippen LogP contribution in [-0.4, -0.2) is 13.1 Å². The van der Waals surface area contributed by atoms with Crippen molar-refractivity contribution in [3.63, 3.8) is 0 Å². The molecule has 2 N–H and O–H groups in total. The molecule has 0 unspecified atom stereocenters. The number of methoxy groups -OCH3 is 1. The molecule has 118 valence electrons. The van der Waals surface area contributed by atoms with Crippen LogP contribution in [0.1, 0.15) is 18.0 Å². The van der Waals surface area contributed by atoms with E-state index in [1.165, 1.54) is 7.11 Å². The van der Waals surface area contributed by atoms with Crippen molar-refractivity contribution in [3.05, 3.63) is 59.1 Å². The molecule has 1 atom stereocenters. The topological polar surface area (TPSA) is 52.3 Å². The van der Waals surface area contributed by atoms with Crippen LogP contribution in [0.15, 0.2) is 58.3 Å². The van der Waals surface area contributed by atoms with Gasteiger partial charge in [-0.3, -0.25) is 4.79 Å². The van der Waals surface area contributed by atoms with Crippen LogP contribution in [0.3, 0.4) is 0 Å². The van der Waals surface area contributed by atoms with Gasteiger partial charge in [0.25, 0.3) is 0 Å². The van der Waals surface area contributed by atoms with Crippen LogP contribution in [-0.2, 0) is 9.53 Å². The minimum absolute atomic E-state index is 0.